The molecule has 0 spiro atoms. The molecule has 0 aromatic heterocycles. The molecule has 2 aromatic carbocycles. The van der Waals surface area contributed by atoms with Gasteiger partial charge in [0.2, 0.25) is 11.8 Å². The van der Waals surface area contributed by atoms with Gasteiger partial charge in [-0.05, 0) is 56.7 Å². The molecule has 8 heteroatoms. The van der Waals surface area contributed by atoms with Gasteiger partial charge in [-0.15, -0.1) is 0 Å². The molecule has 0 aliphatic carbocycles. The van der Waals surface area contributed by atoms with Gasteiger partial charge in [-0.25, -0.2) is 0 Å². The Morgan fingerprint density at radius 1 is 1.18 bits per heavy atom. The summed E-state index contributed by atoms with van der Waals surface area (Å²) in [6, 6.07) is 10.7. The number of fused-ring (bicyclic) bond motifs is 1. The normalized spacial score (nSPS) is 16.8. The van der Waals surface area contributed by atoms with E-state index >= 15 is 0 Å². The third-order valence-electron chi connectivity index (χ3n) is 5.78. The lowest BCUT2D eigenvalue weighted by Gasteiger charge is -2.16. The van der Waals surface area contributed by atoms with E-state index in [-0.39, 0.29) is 36.9 Å². The van der Waals surface area contributed by atoms with Crippen molar-refractivity contribution in [1.29, 1.82) is 0 Å². The first kappa shape index (κ1) is 22.6. The number of amides is 3. The number of nitrogens with one attached hydrogen (secondary N) is 2. The molecule has 2 aliphatic heterocycles. The zero-order valence-corrected chi connectivity index (χ0v) is 19.0. The highest BCUT2D eigenvalue weighted by Crippen LogP contribution is 2.35. The number of ether oxygens (including phenoxy) is 2. The SMILES string of the molecule is CCOc1cc2c(cc1CNC(=O)CNC(=O)c1ccc(N3CCCC3=O)cc1)OC(C)C2. The van der Waals surface area contributed by atoms with Crippen molar-refractivity contribution in [2.75, 3.05) is 24.6 Å². The molecule has 1 atom stereocenters. The van der Waals surface area contributed by atoms with Crippen LogP contribution >= 0.6 is 0 Å². The fraction of sp³-hybridized carbons (Fsp3) is 0.400. The summed E-state index contributed by atoms with van der Waals surface area (Å²) in [6.45, 7) is 5.28. The van der Waals surface area contributed by atoms with E-state index in [2.05, 4.69) is 10.6 Å². The highest BCUT2D eigenvalue weighted by molar-refractivity contribution is 5.98. The Hall–Kier alpha value is -3.55. The third-order valence-corrected chi connectivity index (χ3v) is 5.78. The van der Waals surface area contributed by atoms with Crippen molar-refractivity contribution in [3.63, 3.8) is 0 Å². The van der Waals surface area contributed by atoms with Crippen LogP contribution in [0.4, 0.5) is 5.69 Å². The quantitative estimate of drug-likeness (QED) is 0.643. The largest absolute Gasteiger partial charge is 0.494 e. The van der Waals surface area contributed by atoms with Crippen LogP contribution in [0.3, 0.4) is 0 Å². The molecule has 0 radical (unpaired) electrons. The second kappa shape index (κ2) is 9.94. The molecule has 1 unspecified atom stereocenters. The molecular weight excluding hydrogens is 422 g/mol. The summed E-state index contributed by atoms with van der Waals surface area (Å²) in [6.07, 6.45) is 2.36. The predicted molar refractivity (Wildman–Crippen MR) is 124 cm³/mol. The lowest BCUT2D eigenvalue weighted by molar-refractivity contribution is -0.120. The van der Waals surface area contributed by atoms with Crippen LogP contribution in [0.2, 0.25) is 0 Å². The maximum atomic E-state index is 12.4. The van der Waals surface area contributed by atoms with Crippen LogP contribution in [-0.4, -0.2) is 43.5 Å². The van der Waals surface area contributed by atoms with Crippen molar-refractivity contribution in [1.82, 2.24) is 10.6 Å². The second-order valence-electron chi connectivity index (χ2n) is 8.29. The van der Waals surface area contributed by atoms with Crippen LogP contribution in [-0.2, 0) is 22.6 Å². The molecule has 1 fully saturated rings. The number of carbonyl (C=O) groups excluding carboxylic acids is 3. The van der Waals surface area contributed by atoms with E-state index in [0.717, 1.165) is 41.2 Å². The van der Waals surface area contributed by atoms with Crippen LogP contribution in [0.15, 0.2) is 36.4 Å². The van der Waals surface area contributed by atoms with E-state index in [1.807, 2.05) is 26.0 Å². The van der Waals surface area contributed by atoms with Gasteiger partial charge in [0.15, 0.2) is 0 Å². The van der Waals surface area contributed by atoms with E-state index in [1.165, 1.54) is 0 Å². The predicted octanol–water partition coefficient (Wildman–Crippen LogP) is 2.58. The van der Waals surface area contributed by atoms with Crippen LogP contribution in [0.1, 0.15) is 48.2 Å². The molecule has 3 amide bonds. The standard InChI is InChI=1S/C25H29N3O5/c1-3-32-21-12-18-11-16(2)33-22(18)13-19(21)14-26-23(29)15-27-25(31)17-6-8-20(9-7-17)28-10-4-5-24(28)30/h6-9,12-13,16H,3-5,10-11,14-15H2,1-2H3,(H,26,29)(H,27,31). The van der Waals surface area contributed by atoms with Crippen LogP contribution in [0.5, 0.6) is 11.5 Å². The fourth-order valence-electron chi connectivity index (χ4n) is 4.14. The first-order valence-corrected chi connectivity index (χ1v) is 11.3. The van der Waals surface area contributed by atoms with Gasteiger partial charge < -0.3 is 25.0 Å². The molecule has 33 heavy (non-hydrogen) atoms. The van der Waals surface area contributed by atoms with Crippen molar-refractivity contribution in [3.8, 4) is 11.5 Å². The summed E-state index contributed by atoms with van der Waals surface area (Å²) in [5, 5.41) is 5.46. The fourth-order valence-corrected chi connectivity index (χ4v) is 4.14. The number of anilines is 1. The topological polar surface area (TPSA) is 97.0 Å². The van der Waals surface area contributed by atoms with E-state index in [0.29, 0.717) is 25.1 Å². The Morgan fingerprint density at radius 2 is 1.97 bits per heavy atom. The van der Waals surface area contributed by atoms with Crippen molar-refractivity contribution < 1.29 is 23.9 Å². The first-order chi connectivity index (χ1) is 15.9. The van der Waals surface area contributed by atoms with Crippen molar-refractivity contribution in [2.45, 2.75) is 45.8 Å². The Morgan fingerprint density at radius 3 is 2.67 bits per heavy atom. The minimum absolute atomic E-state index is 0.0980. The summed E-state index contributed by atoms with van der Waals surface area (Å²) in [5.74, 6) is 0.998. The molecule has 2 heterocycles. The van der Waals surface area contributed by atoms with Gasteiger partial charge in [0, 0.05) is 48.3 Å². The monoisotopic (exact) mass is 451 g/mol. The Labute approximate surface area is 193 Å². The summed E-state index contributed by atoms with van der Waals surface area (Å²) in [7, 11) is 0. The van der Waals surface area contributed by atoms with E-state index in [1.54, 1.807) is 29.2 Å². The summed E-state index contributed by atoms with van der Waals surface area (Å²) in [5.41, 5.74) is 3.15. The molecule has 1 saturated heterocycles. The molecule has 2 aromatic rings. The van der Waals surface area contributed by atoms with Gasteiger partial charge >= 0.3 is 0 Å². The molecule has 174 valence electrons. The molecule has 0 bridgehead atoms. The van der Waals surface area contributed by atoms with Gasteiger partial charge in [-0.3, -0.25) is 14.4 Å². The van der Waals surface area contributed by atoms with E-state index in [4.69, 9.17) is 9.47 Å². The molecule has 8 nitrogen and oxygen atoms in total. The Bertz CT molecular complexity index is 1050. The number of carbonyl (C=O) groups is 3. The lowest BCUT2D eigenvalue weighted by Crippen LogP contribution is -2.36. The van der Waals surface area contributed by atoms with Gasteiger partial charge in [-0.1, -0.05) is 0 Å². The maximum absolute atomic E-state index is 12.4. The summed E-state index contributed by atoms with van der Waals surface area (Å²) < 4.78 is 11.6. The number of benzene rings is 2. The number of hydrogen-bond acceptors (Lipinski definition) is 5. The number of hydrogen-bond donors (Lipinski definition) is 2. The van der Waals surface area contributed by atoms with Gasteiger partial charge in [0.25, 0.3) is 5.91 Å². The van der Waals surface area contributed by atoms with Gasteiger partial charge in [-0.2, -0.15) is 0 Å². The van der Waals surface area contributed by atoms with Crippen LogP contribution in [0.25, 0.3) is 0 Å². The van der Waals surface area contributed by atoms with Gasteiger partial charge in [0.05, 0.1) is 13.2 Å². The van der Waals surface area contributed by atoms with Crippen molar-refractivity contribution >= 4 is 23.4 Å². The van der Waals surface area contributed by atoms with Crippen LogP contribution < -0.4 is 25.0 Å². The highest BCUT2D eigenvalue weighted by Gasteiger charge is 2.23. The molecular formula is C25H29N3O5. The van der Waals surface area contributed by atoms with Crippen molar-refractivity contribution in [3.05, 3.63) is 53.1 Å². The second-order valence-corrected chi connectivity index (χ2v) is 8.29. The third kappa shape index (κ3) is 5.27. The number of nitrogens with zero attached hydrogens (tertiary/aromatic N) is 1. The average molecular weight is 452 g/mol. The average Bonchev–Trinajstić information content (AvgIpc) is 3.40. The minimum atomic E-state index is -0.348. The molecule has 2 N–H and O–H groups in total. The maximum Gasteiger partial charge on any atom is 0.251 e. The Kier molecular flexibility index (Phi) is 6.82. The minimum Gasteiger partial charge on any atom is -0.494 e. The number of rotatable bonds is 8. The smallest absolute Gasteiger partial charge is 0.251 e. The zero-order valence-electron chi connectivity index (χ0n) is 19.0. The van der Waals surface area contributed by atoms with E-state index < -0.39 is 0 Å². The highest BCUT2D eigenvalue weighted by atomic mass is 16.5. The van der Waals surface area contributed by atoms with E-state index in [9.17, 15) is 14.4 Å². The molecule has 2 aliphatic rings. The lowest BCUT2D eigenvalue weighted by atomic mass is 10.1. The Balaban J connectivity index is 1.29. The van der Waals surface area contributed by atoms with Gasteiger partial charge in [0.1, 0.15) is 17.6 Å². The summed E-state index contributed by atoms with van der Waals surface area (Å²) >= 11 is 0. The molecule has 4 rings (SSSR count). The van der Waals surface area contributed by atoms with Crippen molar-refractivity contribution in [2.24, 2.45) is 0 Å². The molecule has 0 saturated carbocycles. The van der Waals surface area contributed by atoms with Crippen LogP contribution in [0, 0.1) is 0 Å². The summed E-state index contributed by atoms with van der Waals surface area (Å²) in [4.78, 5) is 38.3. The zero-order chi connectivity index (χ0) is 23.4. The first-order valence-electron chi connectivity index (χ1n) is 11.3.